The number of benzene rings is 1. The Hall–Kier alpha value is -2.33. The van der Waals surface area contributed by atoms with Crippen LogP contribution in [-0.4, -0.2) is 41.8 Å². The van der Waals surface area contributed by atoms with Crippen molar-refractivity contribution in [1.82, 2.24) is 4.90 Å². The van der Waals surface area contributed by atoms with E-state index in [2.05, 4.69) is 0 Å². The van der Waals surface area contributed by atoms with Gasteiger partial charge in [-0.3, -0.25) is 4.79 Å². The average molecular weight is 298 g/mol. The first-order valence-electron chi connectivity index (χ1n) is 6.00. The predicted molar refractivity (Wildman–Crippen MR) is 69.9 cm³/mol. The predicted octanol–water partition coefficient (Wildman–Crippen LogP) is 1.95. The summed E-state index contributed by atoms with van der Waals surface area (Å²) in [5.74, 6) is -0.858. The molecule has 1 aromatic carbocycles. The largest absolute Gasteiger partial charge is 0.406 e. The molecule has 0 bridgehead atoms. The number of aliphatic hydroxyl groups is 1. The Morgan fingerprint density at radius 1 is 1.43 bits per heavy atom. The summed E-state index contributed by atoms with van der Waals surface area (Å²) in [7, 11) is 0. The summed E-state index contributed by atoms with van der Waals surface area (Å²) in [5, 5.41) is 17.4. The molecule has 0 aliphatic carbocycles. The van der Waals surface area contributed by atoms with E-state index in [1.807, 2.05) is 6.07 Å². The van der Waals surface area contributed by atoms with Crippen molar-refractivity contribution in [3.8, 4) is 6.07 Å². The van der Waals surface area contributed by atoms with Crippen LogP contribution in [0.1, 0.15) is 11.1 Å². The molecule has 0 spiro atoms. The molecule has 4 nitrogen and oxygen atoms in total. The minimum atomic E-state index is -4.53. The molecule has 21 heavy (non-hydrogen) atoms. The minimum Gasteiger partial charge on any atom is -0.395 e. The van der Waals surface area contributed by atoms with Gasteiger partial charge in [0.25, 0.3) is 0 Å². The molecule has 0 saturated carbocycles. The van der Waals surface area contributed by atoms with Gasteiger partial charge >= 0.3 is 6.18 Å². The number of nitrogens with zero attached hydrogens (tertiary/aromatic N) is 2. The van der Waals surface area contributed by atoms with E-state index >= 15 is 0 Å². The molecule has 1 aromatic rings. The summed E-state index contributed by atoms with van der Waals surface area (Å²) in [4.78, 5) is 12.2. The summed E-state index contributed by atoms with van der Waals surface area (Å²) >= 11 is 0. The van der Waals surface area contributed by atoms with Gasteiger partial charge in [0.15, 0.2) is 0 Å². The highest BCUT2D eigenvalue weighted by Crippen LogP contribution is 2.16. The summed E-state index contributed by atoms with van der Waals surface area (Å²) in [6, 6.07) is 8.21. The number of aliphatic hydroxyl groups excluding tert-OH is 1. The third-order valence-corrected chi connectivity index (χ3v) is 2.49. The minimum absolute atomic E-state index is 0.382. The Morgan fingerprint density at radius 2 is 2.14 bits per heavy atom. The molecule has 0 atom stereocenters. The Kier molecular flexibility index (Phi) is 5.93. The fourth-order valence-corrected chi connectivity index (χ4v) is 1.59. The Morgan fingerprint density at radius 3 is 2.71 bits per heavy atom. The molecule has 1 amide bonds. The normalized spacial score (nSPS) is 11.4. The summed E-state index contributed by atoms with van der Waals surface area (Å²) in [6.45, 7) is -2.38. The number of carbonyl (C=O) groups is 1. The van der Waals surface area contributed by atoms with Gasteiger partial charge < -0.3 is 10.0 Å². The van der Waals surface area contributed by atoms with Gasteiger partial charge in [-0.2, -0.15) is 18.4 Å². The summed E-state index contributed by atoms with van der Waals surface area (Å²) < 4.78 is 36.9. The SMILES string of the molecule is N#Cc1cccc(/C=C/C(=O)N(CCO)CC(F)(F)F)c1. The van der Waals surface area contributed by atoms with Gasteiger partial charge in [-0.25, -0.2) is 0 Å². The highest BCUT2D eigenvalue weighted by atomic mass is 19.4. The number of carbonyl (C=O) groups excluding carboxylic acids is 1. The molecule has 7 heteroatoms. The van der Waals surface area contributed by atoms with Crippen LogP contribution in [0.3, 0.4) is 0 Å². The Balaban J connectivity index is 2.80. The molecule has 0 saturated heterocycles. The zero-order valence-corrected chi connectivity index (χ0v) is 11.0. The number of halogens is 3. The maximum atomic E-state index is 12.3. The van der Waals surface area contributed by atoms with Crippen LogP contribution in [0, 0.1) is 11.3 Å². The summed E-state index contributed by atoms with van der Waals surface area (Å²) in [5.41, 5.74) is 0.908. The molecule has 0 heterocycles. The molecule has 0 aliphatic heterocycles. The number of hydrogen-bond acceptors (Lipinski definition) is 3. The second-order valence-corrected chi connectivity index (χ2v) is 4.17. The number of rotatable bonds is 5. The van der Waals surface area contributed by atoms with Crippen molar-refractivity contribution in [2.24, 2.45) is 0 Å². The number of hydrogen-bond donors (Lipinski definition) is 1. The fraction of sp³-hybridized carbons (Fsp3) is 0.286. The van der Waals surface area contributed by atoms with Crippen molar-refractivity contribution in [2.45, 2.75) is 6.18 Å². The van der Waals surface area contributed by atoms with E-state index in [4.69, 9.17) is 10.4 Å². The van der Waals surface area contributed by atoms with Gasteiger partial charge in [0, 0.05) is 12.6 Å². The fourth-order valence-electron chi connectivity index (χ4n) is 1.59. The van der Waals surface area contributed by atoms with E-state index in [0.29, 0.717) is 16.0 Å². The van der Waals surface area contributed by atoms with Crippen molar-refractivity contribution in [1.29, 1.82) is 5.26 Å². The lowest BCUT2D eigenvalue weighted by molar-refractivity contribution is -0.158. The van der Waals surface area contributed by atoms with Gasteiger partial charge in [0.05, 0.1) is 18.2 Å². The molecule has 112 valence electrons. The van der Waals surface area contributed by atoms with E-state index in [1.165, 1.54) is 12.1 Å². The first-order valence-corrected chi connectivity index (χ1v) is 6.00. The van der Waals surface area contributed by atoms with Crippen LogP contribution in [0.15, 0.2) is 30.3 Å². The van der Waals surface area contributed by atoms with Crippen molar-refractivity contribution in [2.75, 3.05) is 19.7 Å². The molecule has 0 aliphatic rings. The lowest BCUT2D eigenvalue weighted by atomic mass is 10.1. The van der Waals surface area contributed by atoms with E-state index in [0.717, 1.165) is 6.08 Å². The second kappa shape index (κ2) is 7.45. The molecule has 1 rings (SSSR count). The molecule has 0 unspecified atom stereocenters. The first-order chi connectivity index (χ1) is 9.85. The van der Waals surface area contributed by atoms with Crippen molar-refractivity contribution >= 4 is 12.0 Å². The van der Waals surface area contributed by atoms with Crippen LogP contribution in [0.25, 0.3) is 6.08 Å². The van der Waals surface area contributed by atoms with Crippen LogP contribution in [0.5, 0.6) is 0 Å². The monoisotopic (exact) mass is 298 g/mol. The zero-order valence-electron chi connectivity index (χ0n) is 11.0. The average Bonchev–Trinajstić information content (AvgIpc) is 2.43. The highest BCUT2D eigenvalue weighted by Gasteiger charge is 2.32. The zero-order chi connectivity index (χ0) is 15.9. The Labute approximate surface area is 119 Å². The van der Waals surface area contributed by atoms with Gasteiger partial charge in [-0.05, 0) is 23.8 Å². The molecule has 0 aromatic heterocycles. The van der Waals surface area contributed by atoms with Gasteiger partial charge in [-0.15, -0.1) is 0 Å². The maximum Gasteiger partial charge on any atom is 0.406 e. The lowest BCUT2D eigenvalue weighted by Crippen LogP contribution is -2.39. The maximum absolute atomic E-state index is 12.3. The number of alkyl halides is 3. The van der Waals surface area contributed by atoms with E-state index in [-0.39, 0.29) is 0 Å². The summed E-state index contributed by atoms with van der Waals surface area (Å²) in [6.07, 6.45) is -2.22. The second-order valence-electron chi connectivity index (χ2n) is 4.17. The van der Waals surface area contributed by atoms with Crippen molar-refractivity contribution in [3.63, 3.8) is 0 Å². The van der Waals surface area contributed by atoms with Crippen LogP contribution >= 0.6 is 0 Å². The standard InChI is InChI=1S/C14H13F3N2O2/c15-14(16,17)10-19(6-7-20)13(21)5-4-11-2-1-3-12(8-11)9-18/h1-5,8,20H,6-7,10H2/b5-4+. The van der Waals surface area contributed by atoms with Gasteiger partial charge in [-0.1, -0.05) is 12.1 Å². The van der Waals surface area contributed by atoms with Crippen LogP contribution in [0.2, 0.25) is 0 Å². The first kappa shape index (κ1) is 16.7. The quantitative estimate of drug-likeness (QED) is 0.845. The smallest absolute Gasteiger partial charge is 0.395 e. The van der Waals surface area contributed by atoms with Crippen molar-refractivity contribution < 1.29 is 23.1 Å². The molecule has 0 fully saturated rings. The van der Waals surface area contributed by atoms with E-state index < -0.39 is 31.8 Å². The van der Waals surface area contributed by atoms with E-state index in [9.17, 15) is 18.0 Å². The third-order valence-electron chi connectivity index (χ3n) is 2.49. The van der Waals surface area contributed by atoms with Gasteiger partial charge in [0.2, 0.25) is 5.91 Å². The Bertz CT molecular complexity index is 562. The topological polar surface area (TPSA) is 64.3 Å². The molecule has 0 radical (unpaired) electrons. The number of nitriles is 1. The van der Waals surface area contributed by atoms with E-state index in [1.54, 1.807) is 18.2 Å². The third kappa shape index (κ3) is 6.10. The van der Waals surface area contributed by atoms with Crippen LogP contribution < -0.4 is 0 Å². The molecular formula is C14H13F3N2O2. The lowest BCUT2D eigenvalue weighted by Gasteiger charge is -2.21. The molecular weight excluding hydrogens is 285 g/mol. The van der Waals surface area contributed by atoms with Gasteiger partial charge in [0.1, 0.15) is 6.54 Å². The number of amides is 1. The van der Waals surface area contributed by atoms with Crippen molar-refractivity contribution in [3.05, 3.63) is 41.5 Å². The van der Waals surface area contributed by atoms with Crippen LogP contribution in [0.4, 0.5) is 13.2 Å². The molecule has 1 N–H and O–H groups in total. The van der Waals surface area contributed by atoms with Crippen LogP contribution in [-0.2, 0) is 4.79 Å². The highest BCUT2D eigenvalue weighted by molar-refractivity contribution is 5.91.